The Morgan fingerprint density at radius 3 is 2.67 bits per heavy atom. The molecule has 0 bridgehead atoms. The van der Waals surface area contributed by atoms with E-state index in [1.165, 1.54) is 6.07 Å². The van der Waals surface area contributed by atoms with Crippen LogP contribution in [0, 0.1) is 11.7 Å². The van der Waals surface area contributed by atoms with Crippen LogP contribution in [0.2, 0.25) is 0 Å². The van der Waals surface area contributed by atoms with Crippen molar-refractivity contribution in [3.8, 4) is 0 Å². The van der Waals surface area contributed by atoms with Crippen molar-refractivity contribution in [2.45, 2.75) is 27.2 Å². The van der Waals surface area contributed by atoms with Crippen LogP contribution in [0.25, 0.3) is 5.03 Å². The number of hydrogen-bond donors (Lipinski definition) is 0. The maximum atomic E-state index is 14.0. The van der Waals surface area contributed by atoms with Crippen molar-refractivity contribution in [3.63, 3.8) is 0 Å². The largest absolute Gasteiger partial charge is 0.254 e. The van der Waals surface area contributed by atoms with Crippen molar-refractivity contribution in [2.75, 3.05) is 0 Å². The van der Waals surface area contributed by atoms with E-state index in [2.05, 4.69) is 41.3 Å². The van der Waals surface area contributed by atoms with Gasteiger partial charge in [-0.1, -0.05) is 48.0 Å². The third-order valence-corrected chi connectivity index (χ3v) is 3.60. The molecule has 18 heavy (non-hydrogen) atoms. The van der Waals surface area contributed by atoms with Crippen LogP contribution in [-0.4, -0.2) is 5.71 Å². The van der Waals surface area contributed by atoms with E-state index in [4.69, 9.17) is 11.6 Å². The van der Waals surface area contributed by atoms with Gasteiger partial charge in [0.05, 0.1) is 0 Å². The molecule has 1 aromatic carbocycles. The molecule has 0 aromatic heterocycles. The molecule has 1 atom stereocenters. The third-order valence-electron chi connectivity index (χ3n) is 2.93. The van der Waals surface area contributed by atoms with Gasteiger partial charge in [0, 0.05) is 20.8 Å². The first-order chi connectivity index (χ1) is 8.36. The van der Waals surface area contributed by atoms with E-state index in [1.807, 2.05) is 6.92 Å². The molecule has 0 aliphatic heterocycles. The van der Waals surface area contributed by atoms with Crippen LogP contribution in [0.5, 0.6) is 0 Å². The molecule has 1 rings (SSSR count). The minimum Gasteiger partial charge on any atom is -0.254 e. The molecule has 4 heteroatoms. The van der Waals surface area contributed by atoms with Crippen molar-refractivity contribution in [1.29, 1.82) is 0 Å². The Labute approximate surface area is 121 Å². The van der Waals surface area contributed by atoms with Crippen LogP contribution in [0.4, 0.5) is 10.1 Å². The Hall–Kier alpha value is -0.670. The Kier molecular flexibility index (Phi) is 5.54. The molecular weight excluding hydrogens is 317 g/mol. The van der Waals surface area contributed by atoms with E-state index >= 15 is 0 Å². The second kappa shape index (κ2) is 6.48. The van der Waals surface area contributed by atoms with Gasteiger partial charge in [0.2, 0.25) is 0 Å². The van der Waals surface area contributed by atoms with Crippen molar-refractivity contribution in [1.82, 2.24) is 0 Å². The van der Waals surface area contributed by atoms with E-state index < -0.39 is 5.82 Å². The Bertz CT molecular complexity index is 497. The smallest absolute Gasteiger partial charge is 0.150 e. The van der Waals surface area contributed by atoms with E-state index in [0.717, 1.165) is 12.1 Å². The molecule has 1 unspecified atom stereocenters. The van der Waals surface area contributed by atoms with Crippen molar-refractivity contribution < 1.29 is 4.39 Å². The number of benzene rings is 1. The van der Waals surface area contributed by atoms with Gasteiger partial charge < -0.3 is 0 Å². The normalized spacial score (nSPS) is 13.6. The highest BCUT2D eigenvalue weighted by molar-refractivity contribution is 9.10. The summed E-state index contributed by atoms with van der Waals surface area (Å²) >= 11 is 9.13. The SMILES string of the molecule is C=C(Cl)c1cc(Br)cc(F)c1N=C(C)C(C)CC. The zero-order valence-corrected chi connectivity index (χ0v) is 13.1. The summed E-state index contributed by atoms with van der Waals surface area (Å²) in [5, 5.41) is 0.283. The van der Waals surface area contributed by atoms with Gasteiger partial charge >= 0.3 is 0 Å². The molecule has 0 spiro atoms. The van der Waals surface area contributed by atoms with Crippen LogP contribution in [0.3, 0.4) is 0 Å². The van der Waals surface area contributed by atoms with Gasteiger partial charge in [-0.25, -0.2) is 4.39 Å². The average Bonchev–Trinajstić information content (AvgIpc) is 2.30. The number of halogens is 3. The van der Waals surface area contributed by atoms with Crippen LogP contribution >= 0.6 is 27.5 Å². The Morgan fingerprint density at radius 1 is 1.56 bits per heavy atom. The second-order valence-electron chi connectivity index (χ2n) is 4.25. The molecule has 1 nitrogen and oxygen atoms in total. The first-order valence-corrected chi connectivity index (χ1v) is 6.92. The molecule has 0 heterocycles. The monoisotopic (exact) mass is 331 g/mol. The molecule has 0 fully saturated rings. The average molecular weight is 333 g/mol. The molecule has 0 aliphatic carbocycles. The van der Waals surface area contributed by atoms with Gasteiger partial charge in [-0.15, -0.1) is 0 Å². The molecule has 0 saturated heterocycles. The molecule has 0 aliphatic rings. The number of aliphatic imine (C=N–C) groups is 1. The Balaban J connectivity index is 3.35. The summed E-state index contributed by atoms with van der Waals surface area (Å²) in [6.45, 7) is 9.68. The molecule has 98 valence electrons. The number of nitrogens with zero attached hydrogens (tertiary/aromatic N) is 1. The molecule has 0 amide bonds. The lowest BCUT2D eigenvalue weighted by molar-refractivity contribution is 0.628. The first kappa shape index (κ1) is 15.4. The molecule has 0 saturated carbocycles. The van der Waals surface area contributed by atoms with Gasteiger partial charge in [0.1, 0.15) is 5.69 Å². The van der Waals surface area contributed by atoms with Gasteiger partial charge in [-0.05, 0) is 31.4 Å². The summed E-state index contributed by atoms with van der Waals surface area (Å²) in [6, 6.07) is 3.10. The molecule has 0 N–H and O–H groups in total. The number of rotatable bonds is 4. The van der Waals surface area contributed by atoms with Crippen molar-refractivity contribution in [2.24, 2.45) is 10.9 Å². The minimum absolute atomic E-state index is 0.260. The lowest BCUT2D eigenvalue weighted by atomic mass is 10.0. The summed E-state index contributed by atoms with van der Waals surface area (Å²) in [7, 11) is 0. The predicted octanol–water partition coefficient (Wildman–Crippen LogP) is 5.94. The van der Waals surface area contributed by atoms with Crippen LogP contribution in [0.1, 0.15) is 32.8 Å². The highest BCUT2D eigenvalue weighted by atomic mass is 79.9. The van der Waals surface area contributed by atoms with Crippen LogP contribution in [0.15, 0.2) is 28.2 Å². The summed E-state index contributed by atoms with van der Waals surface area (Å²) in [5.74, 6) is -0.0895. The van der Waals surface area contributed by atoms with Gasteiger partial charge in [0.25, 0.3) is 0 Å². The summed E-state index contributed by atoms with van der Waals surface area (Å²) < 4.78 is 14.6. The molecule has 1 aromatic rings. The summed E-state index contributed by atoms with van der Waals surface area (Å²) in [4.78, 5) is 4.37. The van der Waals surface area contributed by atoms with Gasteiger partial charge in [0.15, 0.2) is 5.82 Å². The predicted molar refractivity (Wildman–Crippen MR) is 81.2 cm³/mol. The van der Waals surface area contributed by atoms with E-state index in [9.17, 15) is 4.39 Å². The highest BCUT2D eigenvalue weighted by Crippen LogP contribution is 2.34. The highest BCUT2D eigenvalue weighted by Gasteiger charge is 2.13. The Morgan fingerprint density at radius 2 is 2.17 bits per heavy atom. The van der Waals surface area contributed by atoms with Gasteiger partial charge in [-0.2, -0.15) is 0 Å². The summed E-state index contributed by atoms with van der Waals surface area (Å²) in [5.41, 5.74) is 1.67. The van der Waals surface area contributed by atoms with E-state index in [-0.39, 0.29) is 10.7 Å². The minimum atomic E-state index is -0.399. The third kappa shape index (κ3) is 3.66. The van der Waals surface area contributed by atoms with Crippen LogP contribution in [-0.2, 0) is 0 Å². The summed E-state index contributed by atoms with van der Waals surface area (Å²) in [6.07, 6.45) is 0.963. The fraction of sp³-hybridized carbons (Fsp3) is 0.357. The fourth-order valence-corrected chi connectivity index (χ4v) is 2.04. The maximum Gasteiger partial charge on any atom is 0.150 e. The van der Waals surface area contributed by atoms with Crippen LogP contribution < -0.4 is 0 Å². The quantitative estimate of drug-likeness (QED) is 0.605. The lowest BCUT2D eigenvalue weighted by Gasteiger charge is -2.11. The fourth-order valence-electron chi connectivity index (χ4n) is 1.47. The number of hydrogen-bond acceptors (Lipinski definition) is 1. The zero-order valence-electron chi connectivity index (χ0n) is 10.7. The van der Waals surface area contributed by atoms with Crippen molar-refractivity contribution in [3.05, 3.63) is 34.6 Å². The second-order valence-corrected chi connectivity index (χ2v) is 5.62. The zero-order chi connectivity index (χ0) is 13.9. The topological polar surface area (TPSA) is 12.4 Å². The van der Waals surface area contributed by atoms with Gasteiger partial charge in [-0.3, -0.25) is 4.99 Å². The van der Waals surface area contributed by atoms with Crippen molar-refractivity contribution >= 4 is 44.0 Å². The molecule has 0 radical (unpaired) electrons. The maximum absolute atomic E-state index is 14.0. The van der Waals surface area contributed by atoms with E-state index in [1.54, 1.807) is 6.07 Å². The molecular formula is C14H16BrClFN. The van der Waals surface area contributed by atoms with E-state index in [0.29, 0.717) is 16.0 Å². The standard InChI is InChI=1S/C14H16BrClFN/c1-5-8(2)10(4)18-14-12(9(3)16)6-11(15)7-13(14)17/h6-8H,3,5H2,1-2,4H3. The first-order valence-electron chi connectivity index (χ1n) is 5.75. The lowest BCUT2D eigenvalue weighted by Crippen LogP contribution is -2.05.